The van der Waals surface area contributed by atoms with Crippen LogP contribution in [0.15, 0.2) is 127 Å². The highest BCUT2D eigenvalue weighted by Crippen LogP contribution is 2.32. The summed E-state index contributed by atoms with van der Waals surface area (Å²) in [6.07, 6.45) is 0. The van der Waals surface area contributed by atoms with Crippen molar-refractivity contribution in [3.05, 3.63) is 127 Å². The Labute approximate surface area is 195 Å². The molecule has 0 aliphatic carbocycles. The van der Waals surface area contributed by atoms with E-state index in [4.69, 9.17) is 10.0 Å². The molecule has 0 radical (unpaired) electrons. The van der Waals surface area contributed by atoms with E-state index in [0.29, 0.717) is 5.46 Å². The molecule has 33 heavy (non-hydrogen) atoms. The number of rotatable bonds is 4. The van der Waals surface area contributed by atoms with Gasteiger partial charge in [-0.2, -0.15) is 0 Å². The van der Waals surface area contributed by atoms with E-state index in [1.165, 1.54) is 15.9 Å². The lowest BCUT2D eigenvalue weighted by molar-refractivity contribution is 0.426. The number of hydrogen-bond donors (Lipinski definition) is 3. The van der Waals surface area contributed by atoms with Crippen molar-refractivity contribution in [2.45, 2.75) is 0 Å². The van der Waals surface area contributed by atoms with Gasteiger partial charge in [-0.1, -0.05) is 115 Å². The van der Waals surface area contributed by atoms with Crippen molar-refractivity contribution in [1.29, 1.82) is 0 Å². The third-order valence-electron chi connectivity index (χ3n) is 5.19. The van der Waals surface area contributed by atoms with E-state index in [1.54, 1.807) is 36.4 Å². The molecule has 0 amide bonds. The maximum Gasteiger partial charge on any atom is 0.488 e. The fourth-order valence-electron chi connectivity index (χ4n) is 3.59. The summed E-state index contributed by atoms with van der Waals surface area (Å²) in [4.78, 5) is 0. The monoisotopic (exact) mass is 450 g/mol. The average Bonchev–Trinajstić information content (AvgIpc) is 2.86. The molecule has 5 heteroatoms. The molecule has 3 nitrogen and oxygen atoms in total. The van der Waals surface area contributed by atoms with Gasteiger partial charge >= 0.3 is 7.12 Å². The third-order valence-corrected chi connectivity index (χ3v) is 7.63. The molecule has 0 heterocycles. The van der Waals surface area contributed by atoms with Crippen molar-refractivity contribution in [2.24, 2.45) is 0 Å². The molecular formula is C28H24BO3P. The van der Waals surface area contributed by atoms with Crippen molar-refractivity contribution >= 4 is 47.2 Å². The fourth-order valence-corrected chi connectivity index (χ4v) is 5.90. The van der Waals surface area contributed by atoms with E-state index in [-0.39, 0.29) is 5.75 Å². The van der Waals surface area contributed by atoms with E-state index in [1.807, 2.05) is 0 Å². The van der Waals surface area contributed by atoms with Gasteiger partial charge in [-0.3, -0.25) is 0 Å². The molecule has 0 spiro atoms. The van der Waals surface area contributed by atoms with Crippen LogP contribution in [0.4, 0.5) is 0 Å². The molecule has 5 rings (SSSR count). The molecule has 0 unspecified atom stereocenters. The molecule has 0 atom stereocenters. The van der Waals surface area contributed by atoms with E-state index < -0.39 is 15.0 Å². The lowest BCUT2D eigenvalue weighted by Gasteiger charge is -2.18. The largest absolute Gasteiger partial charge is 0.508 e. The minimum absolute atomic E-state index is 0.204. The Morgan fingerprint density at radius 1 is 0.485 bits per heavy atom. The maximum absolute atomic E-state index is 9.21. The Hall–Kier alpha value is -3.43. The number of hydrogen-bond acceptors (Lipinski definition) is 3. The van der Waals surface area contributed by atoms with Crippen LogP contribution in [0.1, 0.15) is 0 Å². The molecule has 5 aromatic carbocycles. The summed E-state index contributed by atoms with van der Waals surface area (Å²) in [5, 5.41) is 33.0. The SMILES string of the molecule is OB(O)c1ccc2cc(O)ccc2c1.c1ccc(P(c2ccccc2)c2ccccc2)cc1. The van der Waals surface area contributed by atoms with Crippen LogP contribution in [-0.2, 0) is 0 Å². The molecule has 0 saturated heterocycles. The molecule has 162 valence electrons. The second kappa shape index (κ2) is 10.9. The first-order valence-electron chi connectivity index (χ1n) is 10.7. The summed E-state index contributed by atoms with van der Waals surface area (Å²) in [6.45, 7) is 0. The minimum Gasteiger partial charge on any atom is -0.508 e. The van der Waals surface area contributed by atoms with Gasteiger partial charge in [-0.15, -0.1) is 0 Å². The molecule has 5 aromatic rings. The topological polar surface area (TPSA) is 60.7 Å². The quantitative estimate of drug-likeness (QED) is 0.289. The summed E-state index contributed by atoms with van der Waals surface area (Å²) in [5.74, 6) is 0.204. The van der Waals surface area contributed by atoms with Gasteiger partial charge < -0.3 is 15.2 Å². The number of fused-ring (bicyclic) bond motifs is 1. The molecule has 0 aliphatic rings. The van der Waals surface area contributed by atoms with Crippen molar-refractivity contribution in [1.82, 2.24) is 0 Å². The Morgan fingerprint density at radius 2 is 0.909 bits per heavy atom. The minimum atomic E-state index is -1.45. The summed E-state index contributed by atoms with van der Waals surface area (Å²) < 4.78 is 0. The van der Waals surface area contributed by atoms with E-state index in [9.17, 15) is 5.11 Å². The highest BCUT2D eigenvalue weighted by atomic mass is 31.1. The Balaban J connectivity index is 0.000000165. The highest BCUT2D eigenvalue weighted by molar-refractivity contribution is 7.79. The van der Waals surface area contributed by atoms with Gasteiger partial charge in [0.1, 0.15) is 5.75 Å². The fraction of sp³-hybridized carbons (Fsp3) is 0. The van der Waals surface area contributed by atoms with Gasteiger partial charge in [0.15, 0.2) is 0 Å². The van der Waals surface area contributed by atoms with Gasteiger partial charge in [0.2, 0.25) is 0 Å². The van der Waals surface area contributed by atoms with Crippen LogP contribution >= 0.6 is 7.92 Å². The predicted molar refractivity (Wildman–Crippen MR) is 141 cm³/mol. The zero-order chi connectivity index (χ0) is 23.0. The smallest absolute Gasteiger partial charge is 0.488 e. The van der Waals surface area contributed by atoms with Crippen molar-refractivity contribution in [3.8, 4) is 5.75 Å². The van der Waals surface area contributed by atoms with Crippen LogP contribution < -0.4 is 21.4 Å². The lowest BCUT2D eigenvalue weighted by atomic mass is 9.79. The normalized spacial score (nSPS) is 10.5. The number of benzene rings is 5. The molecule has 0 fully saturated rings. The molecule has 3 N–H and O–H groups in total. The van der Waals surface area contributed by atoms with E-state index in [0.717, 1.165) is 10.8 Å². The van der Waals surface area contributed by atoms with Crippen LogP contribution in [0.25, 0.3) is 10.8 Å². The van der Waals surface area contributed by atoms with Crippen molar-refractivity contribution in [2.75, 3.05) is 0 Å². The van der Waals surface area contributed by atoms with Crippen LogP contribution in [-0.4, -0.2) is 22.3 Å². The number of aromatic hydroxyl groups is 1. The number of phenols is 1. The molecule has 0 aliphatic heterocycles. The van der Waals surface area contributed by atoms with Crippen LogP contribution in [0, 0.1) is 0 Å². The van der Waals surface area contributed by atoms with Crippen LogP contribution in [0.2, 0.25) is 0 Å². The molecular weight excluding hydrogens is 426 g/mol. The first-order valence-corrected chi connectivity index (χ1v) is 12.0. The lowest BCUT2D eigenvalue weighted by Crippen LogP contribution is -2.29. The second-order valence-corrected chi connectivity index (χ2v) is 9.73. The maximum atomic E-state index is 9.21. The molecule has 0 saturated carbocycles. The summed E-state index contributed by atoms with van der Waals surface area (Å²) >= 11 is 0. The zero-order valence-electron chi connectivity index (χ0n) is 18.0. The van der Waals surface area contributed by atoms with Gasteiger partial charge in [0.25, 0.3) is 0 Å². The second-order valence-electron chi connectivity index (χ2n) is 7.51. The first-order chi connectivity index (χ1) is 16.1. The zero-order valence-corrected chi connectivity index (χ0v) is 18.9. The average molecular weight is 450 g/mol. The van der Waals surface area contributed by atoms with Gasteiger partial charge in [-0.25, -0.2) is 0 Å². The van der Waals surface area contributed by atoms with Gasteiger partial charge in [-0.05, 0) is 52.2 Å². The molecule has 0 aromatic heterocycles. The van der Waals surface area contributed by atoms with Crippen molar-refractivity contribution < 1.29 is 15.2 Å². The molecule has 0 bridgehead atoms. The number of phenolic OH excluding ortho intramolecular Hbond substituents is 1. The Morgan fingerprint density at radius 3 is 1.36 bits per heavy atom. The summed E-state index contributed by atoms with van der Waals surface area (Å²) in [6, 6.07) is 42.3. The summed E-state index contributed by atoms with van der Waals surface area (Å²) in [7, 11) is -1.90. The standard InChI is InChI=1S/C18H15P.C10H9BO3/c1-4-10-16(11-5-1)19(17-12-6-2-7-13-17)18-14-8-3-9-15-18;12-10-4-2-7-5-9(11(13)14)3-1-8(7)6-10/h1-15H;1-6,12-14H. The third kappa shape index (κ3) is 5.88. The van der Waals surface area contributed by atoms with Gasteiger partial charge in [0, 0.05) is 0 Å². The summed E-state index contributed by atoms with van der Waals surface area (Å²) in [5.41, 5.74) is 0.447. The van der Waals surface area contributed by atoms with E-state index >= 15 is 0 Å². The predicted octanol–water partition coefficient (Wildman–Crippen LogP) is 3.67. The first kappa shape index (κ1) is 22.8. The van der Waals surface area contributed by atoms with Crippen molar-refractivity contribution in [3.63, 3.8) is 0 Å². The van der Waals surface area contributed by atoms with E-state index in [2.05, 4.69) is 91.0 Å². The Kier molecular flexibility index (Phi) is 7.54. The van der Waals surface area contributed by atoms with Crippen LogP contribution in [0.5, 0.6) is 5.75 Å². The Bertz CT molecular complexity index is 1200. The van der Waals surface area contributed by atoms with Crippen LogP contribution in [0.3, 0.4) is 0 Å². The highest BCUT2D eigenvalue weighted by Gasteiger charge is 2.15. The van der Waals surface area contributed by atoms with Gasteiger partial charge in [0.05, 0.1) is 0 Å².